The van der Waals surface area contributed by atoms with Gasteiger partial charge in [-0.3, -0.25) is 0 Å². The second-order valence-corrected chi connectivity index (χ2v) is 14.5. The highest BCUT2D eigenvalue weighted by Crippen LogP contribution is 2.66. The lowest BCUT2D eigenvalue weighted by Crippen LogP contribution is -2.26. The Labute approximate surface area is 321 Å². The third kappa shape index (κ3) is 4.68. The average Bonchev–Trinajstić information content (AvgIpc) is 3.71. The fraction of sp³-hybridized carbons (Fsp3) is 0.0189. The Bertz CT molecular complexity index is 2790. The van der Waals surface area contributed by atoms with Crippen LogP contribution in [0.2, 0.25) is 0 Å². The van der Waals surface area contributed by atoms with Gasteiger partial charge < -0.3 is 9.80 Å². The first-order chi connectivity index (χ1) is 27.3. The zero-order valence-electron chi connectivity index (χ0n) is 30.2. The first kappa shape index (κ1) is 31.4. The molecule has 1 spiro atoms. The van der Waals surface area contributed by atoms with Gasteiger partial charge in [0.25, 0.3) is 0 Å². The van der Waals surface area contributed by atoms with E-state index < -0.39 is 5.41 Å². The quantitative estimate of drug-likeness (QED) is 0.170. The van der Waals surface area contributed by atoms with Crippen LogP contribution in [0.3, 0.4) is 0 Å². The zero-order valence-corrected chi connectivity index (χ0v) is 30.2. The summed E-state index contributed by atoms with van der Waals surface area (Å²) in [4.78, 5) is 4.87. The maximum Gasteiger partial charge on any atom is 0.0727 e. The molecule has 0 aromatic heterocycles. The van der Waals surface area contributed by atoms with Crippen LogP contribution < -0.4 is 9.80 Å². The van der Waals surface area contributed by atoms with Crippen LogP contribution in [0.5, 0.6) is 0 Å². The first-order valence-corrected chi connectivity index (χ1v) is 19.0. The Morgan fingerprint density at radius 3 is 1.27 bits per heavy atom. The molecule has 2 nitrogen and oxygen atoms in total. The molecule has 0 aliphatic heterocycles. The monoisotopic (exact) mass is 700 g/mol. The highest BCUT2D eigenvalue weighted by molar-refractivity contribution is 6.05. The van der Waals surface area contributed by atoms with Gasteiger partial charge in [0.1, 0.15) is 0 Å². The van der Waals surface area contributed by atoms with Crippen molar-refractivity contribution in [3.8, 4) is 22.3 Å². The van der Waals surface area contributed by atoms with Gasteiger partial charge in [-0.2, -0.15) is 0 Å². The molecule has 258 valence electrons. The second-order valence-electron chi connectivity index (χ2n) is 14.5. The highest BCUT2D eigenvalue weighted by atomic mass is 15.2. The van der Waals surface area contributed by atoms with Gasteiger partial charge in [0.05, 0.1) is 11.1 Å². The van der Waals surface area contributed by atoms with Crippen molar-refractivity contribution >= 4 is 44.9 Å². The molecule has 1 atom stereocenters. The van der Waals surface area contributed by atoms with Crippen LogP contribution in [0.25, 0.3) is 33.0 Å². The number of hydrogen-bond donors (Lipinski definition) is 0. The lowest BCUT2D eigenvalue weighted by Gasteiger charge is -2.34. The van der Waals surface area contributed by atoms with Gasteiger partial charge in [0.15, 0.2) is 0 Å². The molecule has 55 heavy (non-hydrogen) atoms. The largest absolute Gasteiger partial charge is 0.310 e. The van der Waals surface area contributed by atoms with Gasteiger partial charge in [0.2, 0.25) is 0 Å². The fourth-order valence-corrected chi connectivity index (χ4v) is 9.40. The Kier molecular flexibility index (Phi) is 7.11. The smallest absolute Gasteiger partial charge is 0.0727 e. The molecular formula is C53H36N2. The minimum absolute atomic E-state index is 0.551. The summed E-state index contributed by atoms with van der Waals surface area (Å²) < 4.78 is 0. The molecule has 0 N–H and O–H groups in total. The van der Waals surface area contributed by atoms with Gasteiger partial charge in [0, 0.05) is 34.0 Å². The molecule has 0 heterocycles. The Hall–Kier alpha value is -7.16. The highest BCUT2D eigenvalue weighted by Gasteiger charge is 2.53. The number of anilines is 6. The van der Waals surface area contributed by atoms with Crippen molar-refractivity contribution in [1.29, 1.82) is 0 Å². The fourth-order valence-electron chi connectivity index (χ4n) is 9.40. The van der Waals surface area contributed by atoms with E-state index in [1.54, 1.807) is 0 Å². The van der Waals surface area contributed by atoms with Crippen LogP contribution in [0.1, 0.15) is 22.3 Å². The van der Waals surface area contributed by atoms with E-state index in [1.165, 1.54) is 55.3 Å². The van der Waals surface area contributed by atoms with Gasteiger partial charge in [-0.25, -0.2) is 0 Å². The van der Waals surface area contributed by atoms with Crippen molar-refractivity contribution < 1.29 is 0 Å². The van der Waals surface area contributed by atoms with Crippen LogP contribution in [-0.4, -0.2) is 0 Å². The lowest BCUT2D eigenvalue weighted by atomic mass is 9.70. The minimum atomic E-state index is -0.551. The van der Waals surface area contributed by atoms with Crippen molar-refractivity contribution in [3.05, 3.63) is 241 Å². The van der Waals surface area contributed by atoms with Crippen LogP contribution in [-0.2, 0) is 5.41 Å². The molecule has 2 heteroatoms. The predicted molar refractivity (Wildman–Crippen MR) is 230 cm³/mol. The van der Waals surface area contributed by atoms with E-state index in [1.807, 2.05) is 0 Å². The summed E-state index contributed by atoms with van der Waals surface area (Å²) in [5.74, 6) is 0. The summed E-state index contributed by atoms with van der Waals surface area (Å²) in [6, 6.07) is 80.1. The molecule has 1 unspecified atom stereocenters. The molecular weight excluding hydrogens is 665 g/mol. The van der Waals surface area contributed by atoms with Gasteiger partial charge in [-0.1, -0.05) is 146 Å². The van der Waals surface area contributed by atoms with E-state index in [-0.39, 0.29) is 0 Å². The number of nitrogens with zero attached hydrogens (tertiary/aromatic N) is 2. The molecule has 0 saturated carbocycles. The number of fused-ring (bicyclic) bond motifs is 11. The summed E-state index contributed by atoms with van der Waals surface area (Å²) in [6.07, 6.45) is 0. The summed E-state index contributed by atoms with van der Waals surface area (Å²) in [6.45, 7) is 0. The van der Waals surface area contributed by atoms with E-state index in [4.69, 9.17) is 0 Å². The van der Waals surface area contributed by atoms with Gasteiger partial charge in [-0.05, 0) is 123 Å². The Morgan fingerprint density at radius 2 is 0.709 bits per heavy atom. The predicted octanol–water partition coefficient (Wildman–Crippen LogP) is 14.1. The van der Waals surface area contributed by atoms with Gasteiger partial charge in [-0.15, -0.1) is 0 Å². The summed E-state index contributed by atoms with van der Waals surface area (Å²) in [5, 5.41) is 2.51. The Balaban J connectivity index is 1.32. The topological polar surface area (TPSA) is 6.48 Å². The molecule has 0 fully saturated rings. The molecule has 9 aromatic carbocycles. The first-order valence-electron chi connectivity index (χ1n) is 19.0. The van der Waals surface area contributed by atoms with Crippen molar-refractivity contribution in [3.63, 3.8) is 0 Å². The van der Waals surface area contributed by atoms with Crippen molar-refractivity contribution in [2.45, 2.75) is 5.41 Å². The number of para-hydroxylation sites is 4. The third-order valence-electron chi connectivity index (χ3n) is 11.6. The zero-order chi connectivity index (χ0) is 36.3. The lowest BCUT2D eigenvalue weighted by molar-refractivity contribution is 0.795. The summed E-state index contributed by atoms with van der Waals surface area (Å²) in [5.41, 5.74) is 16.5. The second kappa shape index (κ2) is 12.5. The number of rotatable bonds is 6. The summed E-state index contributed by atoms with van der Waals surface area (Å²) >= 11 is 0. The molecule has 9 aromatic rings. The Morgan fingerprint density at radius 1 is 0.273 bits per heavy atom. The molecule has 2 aliphatic carbocycles. The van der Waals surface area contributed by atoms with Crippen LogP contribution in [0.4, 0.5) is 34.1 Å². The van der Waals surface area contributed by atoms with E-state index in [9.17, 15) is 0 Å². The van der Waals surface area contributed by atoms with E-state index in [0.717, 1.165) is 34.1 Å². The van der Waals surface area contributed by atoms with Crippen LogP contribution in [0, 0.1) is 0 Å². The molecule has 0 saturated heterocycles. The number of hydrogen-bond acceptors (Lipinski definition) is 2. The van der Waals surface area contributed by atoms with Crippen LogP contribution >= 0.6 is 0 Å². The third-order valence-corrected chi connectivity index (χ3v) is 11.6. The summed E-state index contributed by atoms with van der Waals surface area (Å²) in [7, 11) is 0. The van der Waals surface area contributed by atoms with E-state index >= 15 is 0 Å². The normalized spacial score (nSPS) is 14.6. The molecule has 0 amide bonds. The maximum atomic E-state index is 2.49. The van der Waals surface area contributed by atoms with Gasteiger partial charge >= 0.3 is 0 Å². The molecule has 11 rings (SSSR count). The minimum Gasteiger partial charge on any atom is -0.310 e. The molecule has 0 radical (unpaired) electrons. The van der Waals surface area contributed by atoms with E-state index in [2.05, 4.69) is 228 Å². The van der Waals surface area contributed by atoms with E-state index in [0.29, 0.717) is 0 Å². The van der Waals surface area contributed by atoms with Crippen molar-refractivity contribution in [2.75, 3.05) is 9.80 Å². The number of benzene rings is 9. The maximum absolute atomic E-state index is 2.49. The van der Waals surface area contributed by atoms with Crippen molar-refractivity contribution in [2.24, 2.45) is 0 Å². The van der Waals surface area contributed by atoms with Crippen molar-refractivity contribution in [1.82, 2.24) is 0 Å². The SMILES string of the molecule is c1ccc(N(c2ccccc2)c2cc(N(c3ccccc3)c3ccccc3)c3c(c2)C2(c4ccccc4-c4cc5ccccc5cc42)c2ccccc2-3)cc1. The molecule has 2 aliphatic rings. The van der Waals surface area contributed by atoms with Crippen LogP contribution in [0.15, 0.2) is 218 Å². The molecule has 0 bridgehead atoms. The standard InChI is InChI=1S/C53H36N2/c1-5-21-39(22-6-1)54(40-23-7-2-8-24-40)43-35-50-52(51(36-43)55(41-25-9-3-10-26-41)42-27-11-4-12-28-42)45-30-16-18-32-48(45)53(50)47-31-17-15-29-44(47)46-33-37-19-13-14-20-38(37)34-49(46)53/h1-36H. The average molecular weight is 701 g/mol.